The lowest BCUT2D eigenvalue weighted by Gasteiger charge is -2.11. The molecule has 1 heterocycles. The third kappa shape index (κ3) is 3.91. The van der Waals surface area contributed by atoms with Crippen LogP contribution >= 0.6 is 23.2 Å². The first-order valence-electron chi connectivity index (χ1n) is 9.00. The fraction of sp³-hybridized carbons (Fsp3) is 0.0870. The van der Waals surface area contributed by atoms with Crippen molar-refractivity contribution in [3.63, 3.8) is 0 Å². The van der Waals surface area contributed by atoms with Gasteiger partial charge in [0.15, 0.2) is 0 Å². The number of benzene rings is 3. The Bertz CT molecular complexity index is 1150. The average molecular weight is 409 g/mol. The minimum absolute atomic E-state index is 0.103. The lowest BCUT2D eigenvalue weighted by molar-refractivity contribution is 0.0955. The summed E-state index contributed by atoms with van der Waals surface area (Å²) in [5.74, 6) is -0.103. The Labute approximate surface area is 173 Å². The van der Waals surface area contributed by atoms with Crippen molar-refractivity contribution < 1.29 is 4.79 Å². The van der Waals surface area contributed by atoms with E-state index in [2.05, 4.69) is 10.3 Å². The van der Waals surface area contributed by atoms with Crippen LogP contribution in [0, 0.1) is 0 Å². The van der Waals surface area contributed by atoms with E-state index in [9.17, 15) is 4.79 Å². The van der Waals surface area contributed by atoms with E-state index in [0.717, 1.165) is 27.6 Å². The molecule has 4 rings (SSSR count). The van der Waals surface area contributed by atoms with Gasteiger partial charge in [0.05, 0.1) is 0 Å². The first-order valence-corrected chi connectivity index (χ1v) is 9.76. The number of aromatic nitrogens is 1. The van der Waals surface area contributed by atoms with Crippen LogP contribution in [0.5, 0.6) is 0 Å². The number of hydrogen-bond donors (Lipinski definition) is 2. The van der Waals surface area contributed by atoms with Crippen LogP contribution in [0.25, 0.3) is 22.0 Å². The molecule has 5 heteroatoms. The second-order valence-corrected chi connectivity index (χ2v) is 7.44. The molecule has 0 spiro atoms. The maximum atomic E-state index is 12.8. The highest BCUT2D eigenvalue weighted by Crippen LogP contribution is 2.26. The molecule has 28 heavy (non-hydrogen) atoms. The summed E-state index contributed by atoms with van der Waals surface area (Å²) in [4.78, 5) is 16.0. The number of fused-ring (bicyclic) bond motifs is 1. The Kier molecular flexibility index (Phi) is 5.38. The fourth-order valence-electron chi connectivity index (χ4n) is 3.35. The van der Waals surface area contributed by atoms with Crippen molar-refractivity contribution in [3.8, 4) is 11.1 Å². The van der Waals surface area contributed by atoms with Gasteiger partial charge in [0, 0.05) is 39.3 Å². The molecule has 0 unspecified atom stereocenters. The predicted octanol–water partition coefficient (Wildman–Crippen LogP) is 6.11. The molecule has 0 aliphatic rings. The van der Waals surface area contributed by atoms with Gasteiger partial charge in [-0.1, -0.05) is 53.5 Å². The van der Waals surface area contributed by atoms with Gasteiger partial charge in [-0.15, -0.1) is 0 Å². The Hall–Kier alpha value is -2.75. The van der Waals surface area contributed by atoms with E-state index in [4.69, 9.17) is 23.2 Å². The van der Waals surface area contributed by atoms with E-state index in [1.54, 1.807) is 0 Å². The zero-order valence-electron chi connectivity index (χ0n) is 15.0. The number of carbonyl (C=O) groups is 1. The zero-order valence-corrected chi connectivity index (χ0v) is 16.5. The summed E-state index contributed by atoms with van der Waals surface area (Å²) in [5, 5.41) is 5.45. The van der Waals surface area contributed by atoms with Crippen LogP contribution in [0.1, 0.15) is 15.9 Å². The van der Waals surface area contributed by atoms with Gasteiger partial charge in [-0.25, -0.2) is 0 Å². The molecule has 0 radical (unpaired) electrons. The van der Waals surface area contributed by atoms with Crippen LogP contribution in [-0.2, 0) is 6.42 Å². The standard InChI is InChI=1S/C23H18Cl2N2O/c24-17-5-3-4-15(12-17)19-6-1-2-7-20(19)23(28)26-11-10-16-14-27-22-9-8-18(25)13-21(16)22/h1-9,12-14,27H,10-11H2,(H,26,28). The van der Waals surface area contributed by atoms with Crippen molar-refractivity contribution in [2.45, 2.75) is 6.42 Å². The van der Waals surface area contributed by atoms with Gasteiger partial charge in [-0.3, -0.25) is 4.79 Å². The number of carbonyl (C=O) groups excluding carboxylic acids is 1. The molecule has 0 atom stereocenters. The molecule has 1 aromatic heterocycles. The van der Waals surface area contributed by atoms with Crippen LogP contribution in [0.2, 0.25) is 10.0 Å². The zero-order chi connectivity index (χ0) is 19.5. The molecule has 0 saturated heterocycles. The molecule has 4 aromatic rings. The second-order valence-electron chi connectivity index (χ2n) is 6.57. The smallest absolute Gasteiger partial charge is 0.251 e. The Balaban J connectivity index is 1.49. The van der Waals surface area contributed by atoms with Crippen molar-refractivity contribution >= 4 is 40.0 Å². The number of aromatic amines is 1. The molecule has 0 saturated carbocycles. The Morgan fingerprint density at radius 3 is 2.61 bits per heavy atom. The summed E-state index contributed by atoms with van der Waals surface area (Å²) in [6, 6.07) is 20.8. The number of amides is 1. The number of H-pyrrole nitrogens is 1. The highest BCUT2D eigenvalue weighted by molar-refractivity contribution is 6.31. The van der Waals surface area contributed by atoms with E-state index < -0.39 is 0 Å². The quantitative estimate of drug-likeness (QED) is 0.410. The number of rotatable bonds is 5. The van der Waals surface area contributed by atoms with Gasteiger partial charge >= 0.3 is 0 Å². The van der Waals surface area contributed by atoms with Crippen molar-refractivity contribution in [1.29, 1.82) is 0 Å². The minimum atomic E-state index is -0.103. The van der Waals surface area contributed by atoms with Crippen molar-refractivity contribution in [2.75, 3.05) is 6.54 Å². The van der Waals surface area contributed by atoms with Gasteiger partial charge in [0.25, 0.3) is 5.91 Å². The molecule has 0 aliphatic heterocycles. The monoisotopic (exact) mass is 408 g/mol. The summed E-state index contributed by atoms with van der Waals surface area (Å²) in [7, 11) is 0. The van der Waals surface area contributed by atoms with Crippen molar-refractivity contribution in [1.82, 2.24) is 10.3 Å². The molecule has 1 amide bonds. The normalized spacial score (nSPS) is 10.9. The molecule has 3 aromatic carbocycles. The topological polar surface area (TPSA) is 44.9 Å². The molecule has 3 nitrogen and oxygen atoms in total. The van der Waals surface area contributed by atoms with Gasteiger partial charge in [0.2, 0.25) is 0 Å². The molecule has 0 bridgehead atoms. The molecule has 140 valence electrons. The predicted molar refractivity (Wildman–Crippen MR) is 116 cm³/mol. The van der Waals surface area contributed by atoms with E-state index >= 15 is 0 Å². The van der Waals surface area contributed by atoms with Gasteiger partial charge in [-0.05, 0) is 59.5 Å². The SMILES string of the molecule is O=C(NCCc1c[nH]c2ccc(Cl)cc12)c1ccccc1-c1cccc(Cl)c1. The fourth-order valence-corrected chi connectivity index (χ4v) is 3.71. The van der Waals surface area contributed by atoms with Gasteiger partial charge in [-0.2, -0.15) is 0 Å². The molecule has 2 N–H and O–H groups in total. The largest absolute Gasteiger partial charge is 0.361 e. The summed E-state index contributed by atoms with van der Waals surface area (Å²) < 4.78 is 0. The van der Waals surface area contributed by atoms with Crippen LogP contribution in [0.3, 0.4) is 0 Å². The van der Waals surface area contributed by atoms with Crippen LogP contribution in [0.15, 0.2) is 72.9 Å². The first-order chi connectivity index (χ1) is 13.6. The third-order valence-electron chi connectivity index (χ3n) is 4.72. The first kappa shape index (κ1) is 18.6. The molecular weight excluding hydrogens is 391 g/mol. The van der Waals surface area contributed by atoms with Crippen LogP contribution in [0.4, 0.5) is 0 Å². The number of nitrogens with one attached hydrogen (secondary N) is 2. The van der Waals surface area contributed by atoms with Crippen LogP contribution in [-0.4, -0.2) is 17.4 Å². The third-order valence-corrected chi connectivity index (χ3v) is 5.19. The van der Waals surface area contributed by atoms with E-state index in [-0.39, 0.29) is 5.91 Å². The maximum Gasteiger partial charge on any atom is 0.251 e. The number of hydrogen-bond acceptors (Lipinski definition) is 1. The van der Waals surface area contributed by atoms with Crippen molar-refractivity contribution in [3.05, 3.63) is 94.1 Å². The van der Waals surface area contributed by atoms with E-state index in [1.807, 2.05) is 72.9 Å². The average Bonchev–Trinajstić information content (AvgIpc) is 3.10. The summed E-state index contributed by atoms with van der Waals surface area (Å²) in [6.45, 7) is 0.530. The van der Waals surface area contributed by atoms with Crippen LogP contribution < -0.4 is 5.32 Å². The highest BCUT2D eigenvalue weighted by atomic mass is 35.5. The van der Waals surface area contributed by atoms with Gasteiger partial charge < -0.3 is 10.3 Å². The Morgan fingerprint density at radius 1 is 0.929 bits per heavy atom. The van der Waals surface area contributed by atoms with E-state index in [1.165, 1.54) is 0 Å². The Morgan fingerprint density at radius 2 is 1.75 bits per heavy atom. The minimum Gasteiger partial charge on any atom is -0.361 e. The molecule has 0 fully saturated rings. The summed E-state index contributed by atoms with van der Waals surface area (Å²) in [5.41, 5.74) is 4.58. The maximum absolute atomic E-state index is 12.8. The lowest BCUT2D eigenvalue weighted by Crippen LogP contribution is -2.26. The van der Waals surface area contributed by atoms with E-state index in [0.29, 0.717) is 28.6 Å². The molecule has 0 aliphatic carbocycles. The van der Waals surface area contributed by atoms with Crippen molar-refractivity contribution in [2.24, 2.45) is 0 Å². The second kappa shape index (κ2) is 8.09. The number of halogens is 2. The molecular formula is C23H18Cl2N2O. The lowest BCUT2D eigenvalue weighted by atomic mass is 9.99. The highest BCUT2D eigenvalue weighted by Gasteiger charge is 2.13. The van der Waals surface area contributed by atoms with Gasteiger partial charge in [0.1, 0.15) is 0 Å². The summed E-state index contributed by atoms with van der Waals surface area (Å²) >= 11 is 12.2. The summed E-state index contributed by atoms with van der Waals surface area (Å²) in [6.07, 6.45) is 2.68.